The molecule has 0 saturated heterocycles. The van der Waals surface area contributed by atoms with E-state index in [0.29, 0.717) is 0 Å². The van der Waals surface area contributed by atoms with E-state index in [1.807, 2.05) is 30.4 Å². The highest BCUT2D eigenvalue weighted by molar-refractivity contribution is 7.07. The molecule has 3 aromatic heterocycles. The predicted octanol–water partition coefficient (Wildman–Crippen LogP) is 2.02. The van der Waals surface area contributed by atoms with Gasteiger partial charge in [-0.25, -0.2) is 9.97 Å². The van der Waals surface area contributed by atoms with E-state index in [-0.39, 0.29) is 0 Å². The molecular formula is C13H15N5S. The van der Waals surface area contributed by atoms with Gasteiger partial charge in [-0.05, 0) is 18.6 Å². The molecule has 3 rings (SSSR count). The maximum atomic E-state index is 4.46. The normalized spacial score (nSPS) is 11.3. The largest absolute Gasteiger partial charge is 0.307 e. The highest BCUT2D eigenvalue weighted by Crippen LogP contribution is 2.16. The first-order chi connectivity index (χ1) is 9.24. The van der Waals surface area contributed by atoms with Crippen LogP contribution in [0, 0.1) is 6.92 Å². The van der Waals surface area contributed by atoms with Gasteiger partial charge in [0.1, 0.15) is 0 Å². The van der Waals surface area contributed by atoms with Gasteiger partial charge in [-0.1, -0.05) is 0 Å². The van der Waals surface area contributed by atoms with Gasteiger partial charge in [0.15, 0.2) is 5.65 Å². The smallest absolute Gasteiger partial charge is 0.157 e. The monoisotopic (exact) mass is 273 g/mol. The lowest BCUT2D eigenvalue weighted by Crippen LogP contribution is -2.13. The summed E-state index contributed by atoms with van der Waals surface area (Å²) >= 11 is 1.62. The van der Waals surface area contributed by atoms with E-state index < -0.39 is 0 Å². The molecule has 0 unspecified atom stereocenters. The van der Waals surface area contributed by atoms with Crippen molar-refractivity contribution < 1.29 is 0 Å². The number of fused-ring (bicyclic) bond motifs is 1. The Morgan fingerprint density at radius 2 is 2.21 bits per heavy atom. The van der Waals surface area contributed by atoms with Crippen LogP contribution >= 0.6 is 11.3 Å². The van der Waals surface area contributed by atoms with E-state index in [1.165, 1.54) is 5.56 Å². The maximum absolute atomic E-state index is 4.46. The second-order valence-corrected chi connectivity index (χ2v) is 5.23. The minimum Gasteiger partial charge on any atom is -0.307 e. The minimum absolute atomic E-state index is 0.785. The molecule has 0 aliphatic carbocycles. The maximum Gasteiger partial charge on any atom is 0.157 e. The zero-order valence-electron chi connectivity index (χ0n) is 10.9. The third kappa shape index (κ3) is 2.50. The first-order valence-corrected chi connectivity index (χ1v) is 7.04. The average molecular weight is 273 g/mol. The Kier molecular flexibility index (Phi) is 3.27. The van der Waals surface area contributed by atoms with Crippen LogP contribution in [-0.4, -0.2) is 19.7 Å². The standard InChI is InChI=1S/C13H15N5S/c1-9-12-3-10(5-15-13(12)18(2)17-9)4-14-6-11-7-19-8-16-11/h3,5,7-8,14H,4,6H2,1-2H3. The molecule has 0 radical (unpaired) electrons. The third-order valence-corrected chi connectivity index (χ3v) is 3.67. The Morgan fingerprint density at radius 1 is 1.32 bits per heavy atom. The molecule has 0 aromatic carbocycles. The topological polar surface area (TPSA) is 55.6 Å². The Balaban J connectivity index is 1.73. The zero-order chi connectivity index (χ0) is 13.2. The van der Waals surface area contributed by atoms with Crippen molar-refractivity contribution in [2.24, 2.45) is 7.05 Å². The van der Waals surface area contributed by atoms with Crippen LogP contribution in [0.5, 0.6) is 0 Å². The van der Waals surface area contributed by atoms with Crippen molar-refractivity contribution in [1.82, 2.24) is 25.1 Å². The Bertz CT molecular complexity index is 686. The molecule has 98 valence electrons. The number of rotatable bonds is 4. The van der Waals surface area contributed by atoms with Gasteiger partial charge in [0.05, 0.1) is 16.9 Å². The highest BCUT2D eigenvalue weighted by atomic mass is 32.1. The summed E-state index contributed by atoms with van der Waals surface area (Å²) in [6, 6.07) is 2.15. The molecule has 0 spiro atoms. The second-order valence-electron chi connectivity index (χ2n) is 4.51. The number of nitrogens with zero attached hydrogens (tertiary/aromatic N) is 4. The van der Waals surface area contributed by atoms with E-state index >= 15 is 0 Å². The Labute approximate surface area is 115 Å². The molecule has 6 heteroatoms. The summed E-state index contributed by atoms with van der Waals surface area (Å²) in [5.41, 5.74) is 6.05. The van der Waals surface area contributed by atoms with Crippen LogP contribution < -0.4 is 5.32 Å². The molecule has 3 aromatic rings. The molecule has 0 amide bonds. The molecule has 0 fully saturated rings. The van der Waals surface area contributed by atoms with Crippen molar-refractivity contribution >= 4 is 22.4 Å². The van der Waals surface area contributed by atoms with Gasteiger partial charge in [0, 0.05) is 37.1 Å². The van der Waals surface area contributed by atoms with Crippen molar-refractivity contribution in [3.63, 3.8) is 0 Å². The fourth-order valence-electron chi connectivity index (χ4n) is 2.11. The molecular weight excluding hydrogens is 258 g/mol. The molecule has 5 nitrogen and oxygen atoms in total. The summed E-state index contributed by atoms with van der Waals surface area (Å²) in [5.74, 6) is 0. The fraction of sp³-hybridized carbons (Fsp3) is 0.308. The van der Waals surface area contributed by atoms with E-state index in [2.05, 4.69) is 31.8 Å². The number of thiazole rings is 1. The van der Waals surface area contributed by atoms with Gasteiger partial charge in [-0.15, -0.1) is 11.3 Å². The molecule has 0 bridgehead atoms. The first kappa shape index (κ1) is 12.3. The van der Waals surface area contributed by atoms with E-state index in [9.17, 15) is 0 Å². The van der Waals surface area contributed by atoms with Crippen molar-refractivity contribution in [3.8, 4) is 0 Å². The third-order valence-electron chi connectivity index (χ3n) is 3.04. The second kappa shape index (κ2) is 5.07. The molecule has 0 atom stereocenters. The molecule has 3 heterocycles. The van der Waals surface area contributed by atoms with Gasteiger partial charge in [0.2, 0.25) is 0 Å². The molecule has 0 saturated carbocycles. The molecule has 1 N–H and O–H groups in total. The minimum atomic E-state index is 0.785. The van der Waals surface area contributed by atoms with Crippen LogP contribution in [0.4, 0.5) is 0 Å². The average Bonchev–Trinajstić information content (AvgIpc) is 3.00. The van der Waals surface area contributed by atoms with E-state index in [1.54, 1.807) is 11.3 Å². The van der Waals surface area contributed by atoms with Crippen LogP contribution in [-0.2, 0) is 20.1 Å². The van der Waals surface area contributed by atoms with Crippen LogP contribution in [0.15, 0.2) is 23.2 Å². The lowest BCUT2D eigenvalue weighted by molar-refractivity contribution is 0.681. The van der Waals surface area contributed by atoms with E-state index in [4.69, 9.17) is 0 Å². The van der Waals surface area contributed by atoms with Crippen LogP contribution in [0.25, 0.3) is 11.0 Å². The SMILES string of the molecule is Cc1nn(C)c2ncc(CNCc3cscn3)cc12. The number of aryl methyl sites for hydroxylation is 2. The highest BCUT2D eigenvalue weighted by Gasteiger charge is 2.06. The van der Waals surface area contributed by atoms with Crippen molar-refractivity contribution in [3.05, 3.63) is 40.1 Å². The van der Waals surface area contributed by atoms with E-state index in [0.717, 1.165) is 35.5 Å². The predicted molar refractivity (Wildman–Crippen MR) is 75.9 cm³/mol. The summed E-state index contributed by atoms with van der Waals surface area (Å²) in [7, 11) is 1.92. The van der Waals surface area contributed by atoms with Gasteiger partial charge in [-0.2, -0.15) is 5.10 Å². The summed E-state index contributed by atoms with van der Waals surface area (Å²) in [6.45, 7) is 3.58. The number of aromatic nitrogens is 4. The number of hydrogen-bond acceptors (Lipinski definition) is 5. The first-order valence-electron chi connectivity index (χ1n) is 6.10. The fourth-order valence-corrected chi connectivity index (χ4v) is 2.67. The summed E-state index contributed by atoms with van der Waals surface area (Å²) in [6.07, 6.45) is 1.90. The van der Waals surface area contributed by atoms with Gasteiger partial charge in [0.25, 0.3) is 0 Å². The van der Waals surface area contributed by atoms with Gasteiger partial charge < -0.3 is 5.32 Å². The van der Waals surface area contributed by atoms with Gasteiger partial charge in [-0.3, -0.25) is 4.68 Å². The van der Waals surface area contributed by atoms with Crippen molar-refractivity contribution in [2.75, 3.05) is 0 Å². The van der Waals surface area contributed by atoms with Crippen molar-refractivity contribution in [1.29, 1.82) is 0 Å². The Hall–Kier alpha value is -1.79. The van der Waals surface area contributed by atoms with Crippen molar-refractivity contribution in [2.45, 2.75) is 20.0 Å². The number of hydrogen-bond donors (Lipinski definition) is 1. The lowest BCUT2D eigenvalue weighted by Gasteiger charge is -2.03. The number of pyridine rings is 1. The van der Waals surface area contributed by atoms with Crippen LogP contribution in [0.2, 0.25) is 0 Å². The lowest BCUT2D eigenvalue weighted by atomic mass is 10.2. The zero-order valence-corrected chi connectivity index (χ0v) is 11.7. The van der Waals surface area contributed by atoms with Crippen LogP contribution in [0.3, 0.4) is 0 Å². The summed E-state index contributed by atoms with van der Waals surface area (Å²) in [4.78, 5) is 8.71. The molecule has 0 aliphatic rings. The quantitative estimate of drug-likeness (QED) is 0.790. The summed E-state index contributed by atoms with van der Waals surface area (Å²) < 4.78 is 1.82. The van der Waals surface area contributed by atoms with Gasteiger partial charge >= 0.3 is 0 Å². The molecule has 19 heavy (non-hydrogen) atoms. The molecule has 0 aliphatic heterocycles. The van der Waals surface area contributed by atoms with Crippen LogP contribution in [0.1, 0.15) is 17.0 Å². The number of nitrogens with one attached hydrogen (secondary N) is 1. The Morgan fingerprint density at radius 3 is 3.00 bits per heavy atom. The summed E-state index contributed by atoms with van der Waals surface area (Å²) in [5, 5.41) is 10.9.